The minimum Gasteiger partial charge on any atom is -0.481 e. The zero-order valence-electron chi connectivity index (χ0n) is 11.4. The Kier molecular flexibility index (Phi) is 3.67. The van der Waals surface area contributed by atoms with Gasteiger partial charge in [-0.25, -0.2) is 4.39 Å². The zero-order chi connectivity index (χ0) is 15.0. The minimum atomic E-state index is -0.918. The maximum atomic E-state index is 13.8. The quantitative estimate of drug-likeness (QED) is 0.860. The number of carboxylic acids is 1. The summed E-state index contributed by atoms with van der Waals surface area (Å²) in [5, 5.41) is 17.6. The summed E-state index contributed by atoms with van der Waals surface area (Å²) in [5.74, 6) is -0.191. The molecular formula is C14H14FN3O2S. The molecule has 1 aliphatic rings. The van der Waals surface area contributed by atoms with Crippen molar-refractivity contribution in [2.45, 2.75) is 30.8 Å². The van der Waals surface area contributed by atoms with E-state index in [0.717, 1.165) is 30.4 Å². The second-order valence-corrected chi connectivity index (χ2v) is 5.96. The molecule has 1 N–H and O–H groups in total. The lowest BCUT2D eigenvalue weighted by Gasteiger charge is -2.12. The number of rotatable bonds is 5. The summed E-state index contributed by atoms with van der Waals surface area (Å²) in [6.07, 6.45) is 2.08. The lowest BCUT2D eigenvalue weighted by atomic mass is 10.2. The first-order chi connectivity index (χ1) is 10.1. The third-order valence-corrected chi connectivity index (χ3v) is 4.32. The van der Waals surface area contributed by atoms with E-state index in [2.05, 4.69) is 10.2 Å². The lowest BCUT2D eigenvalue weighted by Crippen LogP contribution is -2.06. The van der Waals surface area contributed by atoms with E-state index < -0.39 is 5.97 Å². The van der Waals surface area contributed by atoms with E-state index in [1.807, 2.05) is 0 Å². The number of carboxylic acid groups (broad SMARTS) is 1. The number of aliphatic carboxylic acids is 1. The highest BCUT2D eigenvalue weighted by molar-refractivity contribution is 7.99. The van der Waals surface area contributed by atoms with Gasteiger partial charge in [-0.3, -0.25) is 9.36 Å². The number of aromatic nitrogens is 3. The van der Waals surface area contributed by atoms with Crippen LogP contribution >= 0.6 is 11.8 Å². The molecule has 0 unspecified atom stereocenters. The van der Waals surface area contributed by atoms with Crippen molar-refractivity contribution < 1.29 is 14.3 Å². The molecule has 0 saturated heterocycles. The molecule has 7 heteroatoms. The number of hydrogen-bond acceptors (Lipinski definition) is 4. The highest BCUT2D eigenvalue weighted by Crippen LogP contribution is 2.41. The normalized spacial score (nSPS) is 14.4. The molecule has 1 aromatic carbocycles. The molecule has 1 fully saturated rings. The number of carbonyl (C=O) groups is 1. The Morgan fingerprint density at radius 1 is 1.48 bits per heavy atom. The Morgan fingerprint density at radius 2 is 2.24 bits per heavy atom. The van der Waals surface area contributed by atoms with Crippen LogP contribution in [0.2, 0.25) is 0 Å². The highest BCUT2D eigenvalue weighted by Gasteiger charge is 2.31. The van der Waals surface area contributed by atoms with Crippen LogP contribution in [0.15, 0.2) is 23.4 Å². The fourth-order valence-corrected chi connectivity index (χ4v) is 2.84. The van der Waals surface area contributed by atoms with Crippen LogP contribution in [-0.4, -0.2) is 31.6 Å². The second-order valence-electron chi connectivity index (χ2n) is 5.02. The van der Waals surface area contributed by atoms with Crippen LogP contribution in [0.4, 0.5) is 4.39 Å². The number of hydrogen-bond donors (Lipinski definition) is 1. The first-order valence-electron chi connectivity index (χ1n) is 6.63. The molecule has 2 aromatic rings. The van der Waals surface area contributed by atoms with Crippen molar-refractivity contribution in [3.63, 3.8) is 0 Å². The van der Waals surface area contributed by atoms with Crippen molar-refractivity contribution >= 4 is 17.7 Å². The Morgan fingerprint density at radius 3 is 2.90 bits per heavy atom. The van der Waals surface area contributed by atoms with E-state index in [4.69, 9.17) is 5.11 Å². The molecule has 0 atom stereocenters. The van der Waals surface area contributed by atoms with Crippen LogP contribution in [0.3, 0.4) is 0 Å². The molecule has 5 nitrogen and oxygen atoms in total. The van der Waals surface area contributed by atoms with Gasteiger partial charge in [-0.05, 0) is 31.9 Å². The molecule has 1 aliphatic carbocycles. The van der Waals surface area contributed by atoms with Gasteiger partial charge in [-0.2, -0.15) is 0 Å². The number of halogens is 1. The van der Waals surface area contributed by atoms with Crippen molar-refractivity contribution in [1.29, 1.82) is 0 Å². The predicted octanol–water partition coefficient (Wildman–Crippen LogP) is 2.77. The third-order valence-electron chi connectivity index (χ3n) is 3.41. The zero-order valence-corrected chi connectivity index (χ0v) is 12.2. The average Bonchev–Trinajstić information content (AvgIpc) is 3.20. The lowest BCUT2D eigenvalue weighted by molar-refractivity contribution is -0.133. The van der Waals surface area contributed by atoms with Crippen molar-refractivity contribution in [2.24, 2.45) is 0 Å². The van der Waals surface area contributed by atoms with E-state index in [1.165, 1.54) is 6.07 Å². The van der Waals surface area contributed by atoms with Gasteiger partial charge < -0.3 is 5.11 Å². The predicted molar refractivity (Wildman–Crippen MR) is 76.4 cm³/mol. The molecule has 0 bridgehead atoms. The first-order valence-corrected chi connectivity index (χ1v) is 7.62. The van der Waals surface area contributed by atoms with Gasteiger partial charge in [0.25, 0.3) is 0 Å². The second kappa shape index (κ2) is 5.48. The van der Waals surface area contributed by atoms with Gasteiger partial charge >= 0.3 is 5.97 Å². The Labute approximate surface area is 125 Å². The van der Waals surface area contributed by atoms with E-state index >= 15 is 0 Å². The molecule has 0 spiro atoms. The summed E-state index contributed by atoms with van der Waals surface area (Å²) < 4.78 is 15.6. The monoisotopic (exact) mass is 307 g/mol. The largest absolute Gasteiger partial charge is 0.481 e. The minimum absolute atomic E-state index is 0.100. The van der Waals surface area contributed by atoms with Gasteiger partial charge in [-0.1, -0.05) is 17.8 Å². The fourth-order valence-electron chi connectivity index (χ4n) is 2.17. The molecular weight excluding hydrogens is 293 g/mol. The van der Waals surface area contributed by atoms with Crippen molar-refractivity contribution in [3.8, 4) is 5.69 Å². The van der Waals surface area contributed by atoms with Gasteiger partial charge in [0.15, 0.2) is 5.16 Å². The van der Waals surface area contributed by atoms with E-state index in [1.54, 1.807) is 23.6 Å². The molecule has 0 aliphatic heterocycles. The smallest absolute Gasteiger partial charge is 0.313 e. The summed E-state index contributed by atoms with van der Waals surface area (Å²) in [6.45, 7) is 1.70. The van der Waals surface area contributed by atoms with Crippen molar-refractivity contribution in [1.82, 2.24) is 14.8 Å². The summed E-state index contributed by atoms with van der Waals surface area (Å²) in [7, 11) is 0. The number of thioether (sulfide) groups is 1. The molecule has 21 heavy (non-hydrogen) atoms. The summed E-state index contributed by atoms with van der Waals surface area (Å²) in [5.41, 5.74) is 1.19. The fraction of sp³-hybridized carbons (Fsp3) is 0.357. The van der Waals surface area contributed by atoms with Gasteiger partial charge in [0, 0.05) is 11.5 Å². The molecule has 1 saturated carbocycles. The Balaban J connectivity index is 2.07. The molecule has 1 heterocycles. The van der Waals surface area contributed by atoms with Crippen LogP contribution in [0, 0.1) is 12.7 Å². The molecule has 3 rings (SSSR count). The van der Waals surface area contributed by atoms with Gasteiger partial charge in [-0.15, -0.1) is 10.2 Å². The third kappa shape index (κ3) is 2.78. The van der Waals surface area contributed by atoms with Gasteiger partial charge in [0.2, 0.25) is 0 Å². The average molecular weight is 307 g/mol. The van der Waals surface area contributed by atoms with Crippen LogP contribution in [0.5, 0.6) is 0 Å². The maximum absolute atomic E-state index is 13.8. The number of nitrogens with zero attached hydrogens (tertiary/aromatic N) is 3. The van der Waals surface area contributed by atoms with E-state index in [-0.39, 0.29) is 11.6 Å². The highest BCUT2D eigenvalue weighted by atomic mass is 32.2. The standard InChI is InChI=1S/C14H14FN3O2S/c1-8-10(15)3-2-4-11(8)18-13(9-5-6-9)16-17-14(18)21-7-12(19)20/h2-4,9H,5-7H2,1H3,(H,19,20). The van der Waals surface area contributed by atoms with Crippen molar-refractivity contribution in [2.75, 3.05) is 5.75 Å². The molecule has 1 aromatic heterocycles. The topological polar surface area (TPSA) is 68.0 Å². The van der Waals surface area contributed by atoms with Crippen LogP contribution in [0.25, 0.3) is 5.69 Å². The van der Waals surface area contributed by atoms with Crippen molar-refractivity contribution in [3.05, 3.63) is 35.4 Å². The molecule has 0 radical (unpaired) electrons. The van der Waals surface area contributed by atoms with Crippen LogP contribution in [0.1, 0.15) is 30.1 Å². The molecule has 0 amide bonds. The molecule has 110 valence electrons. The SMILES string of the molecule is Cc1c(F)cccc1-n1c(SCC(=O)O)nnc1C1CC1. The first kappa shape index (κ1) is 14.1. The Hall–Kier alpha value is -1.89. The van der Waals surface area contributed by atoms with E-state index in [9.17, 15) is 9.18 Å². The summed E-state index contributed by atoms with van der Waals surface area (Å²) in [6, 6.07) is 4.85. The van der Waals surface area contributed by atoms with E-state index in [0.29, 0.717) is 22.3 Å². The maximum Gasteiger partial charge on any atom is 0.313 e. The van der Waals surface area contributed by atoms with Crippen LogP contribution in [-0.2, 0) is 4.79 Å². The number of benzene rings is 1. The van der Waals surface area contributed by atoms with Gasteiger partial charge in [0.1, 0.15) is 11.6 Å². The van der Waals surface area contributed by atoms with Crippen LogP contribution < -0.4 is 0 Å². The summed E-state index contributed by atoms with van der Waals surface area (Å²) >= 11 is 1.10. The Bertz CT molecular complexity index is 698. The van der Waals surface area contributed by atoms with Gasteiger partial charge in [0.05, 0.1) is 11.4 Å². The summed E-state index contributed by atoms with van der Waals surface area (Å²) in [4.78, 5) is 10.8.